The van der Waals surface area contributed by atoms with Crippen molar-refractivity contribution in [2.24, 2.45) is 5.73 Å². The van der Waals surface area contributed by atoms with Crippen molar-refractivity contribution in [3.63, 3.8) is 0 Å². The lowest BCUT2D eigenvalue weighted by Crippen LogP contribution is -2.34. The minimum atomic E-state index is -3.48. The molecular weight excluding hydrogens is 272 g/mol. The summed E-state index contributed by atoms with van der Waals surface area (Å²) in [6.07, 6.45) is 3.51. The van der Waals surface area contributed by atoms with Crippen molar-refractivity contribution in [1.82, 2.24) is 4.31 Å². The maximum Gasteiger partial charge on any atom is 0.243 e. The summed E-state index contributed by atoms with van der Waals surface area (Å²) in [6, 6.07) is 3.78. The van der Waals surface area contributed by atoms with Crippen LogP contribution in [-0.4, -0.2) is 25.3 Å². The van der Waals surface area contributed by atoms with E-state index in [1.165, 1.54) is 0 Å². The highest BCUT2D eigenvalue weighted by Crippen LogP contribution is 2.33. The van der Waals surface area contributed by atoms with Crippen molar-refractivity contribution < 1.29 is 8.42 Å². The summed E-state index contributed by atoms with van der Waals surface area (Å²) in [5.74, 6) is 0. The molecule has 20 heavy (non-hydrogen) atoms. The Morgan fingerprint density at radius 3 is 2.55 bits per heavy atom. The summed E-state index contributed by atoms with van der Waals surface area (Å²) in [7, 11) is -3.48. The smallest absolute Gasteiger partial charge is 0.243 e. The molecule has 1 saturated carbocycles. The van der Waals surface area contributed by atoms with Crippen molar-refractivity contribution in [3.8, 4) is 0 Å². The van der Waals surface area contributed by atoms with E-state index in [1.807, 2.05) is 19.9 Å². The molecule has 1 aliphatic rings. The van der Waals surface area contributed by atoms with Gasteiger partial charge in [-0.3, -0.25) is 0 Å². The first-order chi connectivity index (χ1) is 9.41. The molecule has 2 rings (SSSR count). The molecule has 0 aromatic heterocycles. The Bertz CT molecular complexity index is 619. The highest BCUT2D eigenvalue weighted by atomic mass is 32.2. The molecule has 0 saturated heterocycles. The summed E-state index contributed by atoms with van der Waals surface area (Å²) in [6.45, 7) is 8.13. The minimum Gasteiger partial charge on any atom is -0.326 e. The van der Waals surface area contributed by atoms with Gasteiger partial charge in [0.15, 0.2) is 0 Å². The van der Waals surface area contributed by atoms with E-state index in [2.05, 4.69) is 6.58 Å². The summed E-state index contributed by atoms with van der Waals surface area (Å²) in [5.41, 5.74) is 8.27. The van der Waals surface area contributed by atoms with Crippen LogP contribution in [0.1, 0.15) is 29.5 Å². The van der Waals surface area contributed by atoms with Crippen LogP contribution >= 0.6 is 0 Å². The van der Waals surface area contributed by atoms with E-state index in [-0.39, 0.29) is 6.04 Å². The van der Waals surface area contributed by atoms with Crippen LogP contribution in [-0.2, 0) is 16.6 Å². The summed E-state index contributed by atoms with van der Waals surface area (Å²) >= 11 is 0. The van der Waals surface area contributed by atoms with Gasteiger partial charge in [0.25, 0.3) is 0 Å². The van der Waals surface area contributed by atoms with Crippen molar-refractivity contribution in [2.45, 2.75) is 44.2 Å². The second-order valence-electron chi connectivity index (χ2n) is 5.33. The molecule has 5 heteroatoms. The number of sulfonamides is 1. The number of rotatable bonds is 6. The number of nitrogens with two attached hydrogens (primary N) is 1. The van der Waals surface area contributed by atoms with Crippen molar-refractivity contribution >= 4 is 10.0 Å². The molecule has 1 aromatic rings. The summed E-state index contributed by atoms with van der Waals surface area (Å²) in [5, 5.41) is 0. The van der Waals surface area contributed by atoms with Crippen LogP contribution in [0.4, 0.5) is 0 Å². The van der Waals surface area contributed by atoms with Gasteiger partial charge in [0, 0.05) is 19.1 Å². The third kappa shape index (κ3) is 2.80. The zero-order valence-corrected chi connectivity index (χ0v) is 12.9. The Morgan fingerprint density at radius 1 is 1.40 bits per heavy atom. The Labute approximate surface area is 121 Å². The van der Waals surface area contributed by atoms with Gasteiger partial charge in [0.1, 0.15) is 0 Å². The fourth-order valence-electron chi connectivity index (χ4n) is 2.34. The molecule has 1 fully saturated rings. The number of aryl methyl sites for hydroxylation is 1. The van der Waals surface area contributed by atoms with Crippen LogP contribution in [0.15, 0.2) is 29.7 Å². The van der Waals surface area contributed by atoms with Gasteiger partial charge in [-0.2, -0.15) is 4.31 Å². The van der Waals surface area contributed by atoms with E-state index in [9.17, 15) is 8.42 Å². The van der Waals surface area contributed by atoms with Gasteiger partial charge in [-0.05, 0) is 49.4 Å². The van der Waals surface area contributed by atoms with E-state index in [4.69, 9.17) is 5.73 Å². The largest absolute Gasteiger partial charge is 0.326 e. The molecule has 2 N–H and O–H groups in total. The summed E-state index contributed by atoms with van der Waals surface area (Å²) in [4.78, 5) is 0.381. The molecule has 0 amide bonds. The van der Waals surface area contributed by atoms with Crippen molar-refractivity contribution in [2.75, 3.05) is 6.54 Å². The number of hydrogen-bond donors (Lipinski definition) is 1. The molecule has 1 aliphatic carbocycles. The molecule has 0 aliphatic heterocycles. The number of hydrogen-bond acceptors (Lipinski definition) is 3. The predicted molar refractivity (Wildman–Crippen MR) is 80.9 cm³/mol. The molecule has 0 radical (unpaired) electrons. The Morgan fingerprint density at radius 2 is 2.05 bits per heavy atom. The molecule has 110 valence electrons. The molecule has 0 bridgehead atoms. The first kappa shape index (κ1) is 15.2. The van der Waals surface area contributed by atoms with Gasteiger partial charge in [-0.15, -0.1) is 6.58 Å². The Balaban J connectivity index is 2.52. The van der Waals surface area contributed by atoms with Crippen LogP contribution in [0.3, 0.4) is 0 Å². The van der Waals surface area contributed by atoms with Crippen LogP contribution in [0.5, 0.6) is 0 Å². The average molecular weight is 294 g/mol. The second-order valence-corrected chi connectivity index (χ2v) is 7.19. The first-order valence-corrected chi connectivity index (χ1v) is 8.28. The topological polar surface area (TPSA) is 63.4 Å². The first-order valence-electron chi connectivity index (χ1n) is 6.84. The number of benzene rings is 1. The van der Waals surface area contributed by atoms with Gasteiger partial charge in [-0.1, -0.05) is 12.1 Å². The molecule has 0 unspecified atom stereocenters. The lowest BCUT2D eigenvalue weighted by Gasteiger charge is -2.22. The van der Waals surface area contributed by atoms with Gasteiger partial charge < -0.3 is 5.73 Å². The molecular formula is C15H22N2O2S. The lowest BCUT2D eigenvalue weighted by atomic mass is 10.1. The van der Waals surface area contributed by atoms with Crippen LogP contribution < -0.4 is 5.73 Å². The van der Waals surface area contributed by atoms with Gasteiger partial charge in [0.2, 0.25) is 10.0 Å². The molecule has 0 spiro atoms. The molecule has 1 aromatic carbocycles. The zero-order chi connectivity index (χ0) is 14.9. The molecule has 4 nitrogen and oxygen atoms in total. The minimum absolute atomic E-state index is 0.124. The highest BCUT2D eigenvalue weighted by Gasteiger charge is 2.38. The number of nitrogens with zero attached hydrogens (tertiary/aromatic N) is 1. The van der Waals surface area contributed by atoms with Crippen molar-refractivity contribution in [1.29, 1.82) is 0 Å². The van der Waals surface area contributed by atoms with E-state index in [1.54, 1.807) is 16.4 Å². The second kappa shape index (κ2) is 5.68. The van der Waals surface area contributed by atoms with E-state index < -0.39 is 10.0 Å². The average Bonchev–Trinajstić information content (AvgIpc) is 3.22. The lowest BCUT2D eigenvalue weighted by molar-refractivity contribution is 0.435. The zero-order valence-electron chi connectivity index (χ0n) is 12.1. The highest BCUT2D eigenvalue weighted by molar-refractivity contribution is 7.89. The predicted octanol–water partition coefficient (Wildman–Crippen LogP) is 2.10. The monoisotopic (exact) mass is 294 g/mol. The molecule has 0 atom stereocenters. The molecule has 0 heterocycles. The van der Waals surface area contributed by atoms with Crippen LogP contribution in [0.25, 0.3) is 0 Å². The van der Waals surface area contributed by atoms with E-state index in [0.717, 1.165) is 29.5 Å². The Kier molecular flexibility index (Phi) is 4.32. The standard InChI is InChI=1S/C15H22N2O2S/c1-4-7-17(14-5-6-14)20(18,19)15-9-13(10-16)8-11(2)12(15)3/h4,8-9,14H,1,5-7,10,16H2,2-3H3. The van der Waals surface area contributed by atoms with Gasteiger partial charge in [-0.25, -0.2) is 8.42 Å². The quantitative estimate of drug-likeness (QED) is 0.817. The van der Waals surface area contributed by atoms with Gasteiger partial charge in [0.05, 0.1) is 4.90 Å². The maximum absolute atomic E-state index is 12.9. The van der Waals surface area contributed by atoms with E-state index >= 15 is 0 Å². The van der Waals surface area contributed by atoms with Gasteiger partial charge >= 0.3 is 0 Å². The van der Waals surface area contributed by atoms with Crippen LogP contribution in [0.2, 0.25) is 0 Å². The third-order valence-electron chi connectivity index (χ3n) is 3.77. The Hall–Kier alpha value is -1.17. The SMILES string of the molecule is C=CCN(C1CC1)S(=O)(=O)c1cc(CN)cc(C)c1C. The fourth-order valence-corrected chi connectivity index (χ4v) is 4.35. The normalized spacial score (nSPS) is 15.6. The third-order valence-corrected chi connectivity index (χ3v) is 5.81. The van der Waals surface area contributed by atoms with Crippen molar-refractivity contribution in [3.05, 3.63) is 41.5 Å². The fraction of sp³-hybridized carbons (Fsp3) is 0.467. The summed E-state index contributed by atoms with van der Waals surface area (Å²) < 4.78 is 27.3. The maximum atomic E-state index is 12.9. The van der Waals surface area contributed by atoms with E-state index in [0.29, 0.717) is 18.0 Å². The van der Waals surface area contributed by atoms with Crippen LogP contribution in [0, 0.1) is 13.8 Å².